The lowest BCUT2D eigenvalue weighted by atomic mass is 9.93. The number of aryl methyl sites for hydroxylation is 1. The Hall–Kier alpha value is -3.39. The van der Waals surface area contributed by atoms with Gasteiger partial charge in [0.25, 0.3) is 5.91 Å². The Kier molecular flexibility index (Phi) is 8.36. The number of piperidine rings is 1. The Morgan fingerprint density at radius 2 is 1.94 bits per heavy atom. The predicted octanol–water partition coefficient (Wildman–Crippen LogP) is 3.76. The molecule has 2 aromatic heterocycles. The van der Waals surface area contributed by atoms with Crippen molar-refractivity contribution in [2.24, 2.45) is 0 Å². The van der Waals surface area contributed by atoms with Gasteiger partial charge in [-0.25, -0.2) is 15.0 Å². The van der Waals surface area contributed by atoms with Crippen molar-refractivity contribution in [2.45, 2.75) is 38.8 Å². The van der Waals surface area contributed by atoms with Crippen LogP contribution >= 0.6 is 11.3 Å². The second-order valence-corrected chi connectivity index (χ2v) is 9.39. The second-order valence-electron chi connectivity index (χ2n) is 8.53. The molecule has 0 unspecified atom stereocenters. The number of benzene rings is 1. The van der Waals surface area contributed by atoms with Crippen LogP contribution < -0.4 is 10.6 Å². The van der Waals surface area contributed by atoms with Gasteiger partial charge in [0.05, 0.1) is 19.2 Å². The fraction of sp³-hybridized carbons (Fsp3) is 0.400. The summed E-state index contributed by atoms with van der Waals surface area (Å²) in [5.41, 5.74) is 3.46. The molecule has 0 radical (unpaired) electrons. The van der Waals surface area contributed by atoms with E-state index in [1.165, 1.54) is 11.3 Å². The standard InChI is InChI=1S/C25H29N7O2S/c1-17-28-21(20-7-10-32(11-8-20)12-9-26)13-23(29-17)31-25-30-22(16-35-25)24(33)27-14-18-3-5-19(6-4-18)15-34-2/h3-6,13,16,20H,7-8,10-12,14-15H2,1-2H3,(H,27,33)(H,28,29,30,31). The number of carbonyl (C=O) groups excluding carboxylic acids is 1. The summed E-state index contributed by atoms with van der Waals surface area (Å²) in [7, 11) is 1.67. The third kappa shape index (κ3) is 6.82. The van der Waals surface area contributed by atoms with Crippen LogP contribution in [0.1, 0.15) is 51.9 Å². The summed E-state index contributed by atoms with van der Waals surface area (Å²) in [6, 6.07) is 12.1. The van der Waals surface area contributed by atoms with Gasteiger partial charge in [-0.15, -0.1) is 11.3 Å². The molecule has 4 rings (SSSR count). The molecule has 35 heavy (non-hydrogen) atoms. The summed E-state index contributed by atoms with van der Waals surface area (Å²) in [6.45, 7) is 5.13. The average Bonchev–Trinajstić information content (AvgIpc) is 3.32. The summed E-state index contributed by atoms with van der Waals surface area (Å²) in [4.78, 5) is 28.3. The fourth-order valence-corrected chi connectivity index (χ4v) is 4.79. The molecule has 10 heteroatoms. The number of amides is 1. The van der Waals surface area contributed by atoms with Gasteiger partial charge in [0.1, 0.15) is 17.3 Å². The molecule has 3 aromatic rings. The van der Waals surface area contributed by atoms with E-state index in [2.05, 4.69) is 36.6 Å². The number of carbonyl (C=O) groups is 1. The van der Waals surface area contributed by atoms with Crippen LogP contribution in [-0.4, -0.2) is 52.5 Å². The molecule has 0 aliphatic carbocycles. The van der Waals surface area contributed by atoms with Crippen molar-refractivity contribution < 1.29 is 9.53 Å². The van der Waals surface area contributed by atoms with Crippen LogP contribution in [0.3, 0.4) is 0 Å². The minimum absolute atomic E-state index is 0.223. The predicted molar refractivity (Wildman–Crippen MR) is 135 cm³/mol. The van der Waals surface area contributed by atoms with E-state index in [4.69, 9.17) is 10.00 Å². The molecule has 1 aliphatic heterocycles. The first-order valence-electron chi connectivity index (χ1n) is 11.6. The molecule has 0 atom stereocenters. The van der Waals surface area contributed by atoms with E-state index in [0.717, 1.165) is 42.8 Å². The maximum absolute atomic E-state index is 12.6. The van der Waals surface area contributed by atoms with Gasteiger partial charge in [-0.1, -0.05) is 24.3 Å². The first-order chi connectivity index (χ1) is 17.0. The number of methoxy groups -OCH3 is 1. The van der Waals surface area contributed by atoms with E-state index in [1.54, 1.807) is 12.5 Å². The van der Waals surface area contributed by atoms with Crippen LogP contribution in [0.25, 0.3) is 0 Å². The van der Waals surface area contributed by atoms with Gasteiger partial charge in [0.15, 0.2) is 5.13 Å². The molecule has 1 amide bonds. The quantitative estimate of drug-likeness (QED) is 0.435. The number of rotatable bonds is 9. The normalized spacial score (nSPS) is 14.4. The molecule has 0 spiro atoms. The zero-order valence-corrected chi connectivity index (χ0v) is 20.8. The van der Waals surface area contributed by atoms with E-state index < -0.39 is 0 Å². The first kappa shape index (κ1) is 24.7. The number of hydrogen-bond acceptors (Lipinski definition) is 9. The van der Waals surface area contributed by atoms with Crippen molar-refractivity contribution in [3.8, 4) is 6.07 Å². The van der Waals surface area contributed by atoms with Crippen LogP contribution in [0.5, 0.6) is 0 Å². The molecule has 1 saturated heterocycles. The van der Waals surface area contributed by atoms with Crippen molar-refractivity contribution in [1.29, 1.82) is 5.26 Å². The summed E-state index contributed by atoms with van der Waals surface area (Å²) >= 11 is 1.36. The molecule has 0 bridgehead atoms. The topological polar surface area (TPSA) is 116 Å². The smallest absolute Gasteiger partial charge is 0.271 e. The number of aromatic nitrogens is 3. The Morgan fingerprint density at radius 1 is 1.20 bits per heavy atom. The maximum atomic E-state index is 12.6. The van der Waals surface area contributed by atoms with Gasteiger partial charge in [-0.05, 0) is 44.0 Å². The molecule has 9 nitrogen and oxygen atoms in total. The third-order valence-corrected chi connectivity index (χ3v) is 6.67. The van der Waals surface area contributed by atoms with E-state index in [0.29, 0.717) is 48.1 Å². The molecular formula is C25H29N7O2S. The number of nitrogens with zero attached hydrogens (tertiary/aromatic N) is 5. The SMILES string of the molecule is COCc1ccc(CNC(=O)c2csc(Nc3cc(C4CCN(CC#N)CC4)nc(C)n3)n2)cc1. The minimum Gasteiger partial charge on any atom is -0.380 e. The third-order valence-electron chi connectivity index (χ3n) is 5.92. The largest absolute Gasteiger partial charge is 0.380 e. The van der Waals surface area contributed by atoms with Crippen molar-refractivity contribution in [3.63, 3.8) is 0 Å². The molecule has 1 aromatic carbocycles. The summed E-state index contributed by atoms with van der Waals surface area (Å²) in [6.07, 6.45) is 1.93. The van der Waals surface area contributed by atoms with E-state index in [9.17, 15) is 4.79 Å². The number of anilines is 2. The highest BCUT2D eigenvalue weighted by Gasteiger charge is 2.22. The van der Waals surface area contributed by atoms with Gasteiger partial charge < -0.3 is 15.4 Å². The highest BCUT2D eigenvalue weighted by molar-refractivity contribution is 7.14. The Labute approximate surface area is 209 Å². The van der Waals surface area contributed by atoms with Crippen LogP contribution in [0.15, 0.2) is 35.7 Å². The lowest BCUT2D eigenvalue weighted by Crippen LogP contribution is -2.33. The lowest BCUT2D eigenvalue weighted by molar-refractivity contribution is 0.0946. The van der Waals surface area contributed by atoms with Gasteiger partial charge in [-0.3, -0.25) is 9.69 Å². The van der Waals surface area contributed by atoms with Crippen molar-refractivity contribution >= 4 is 28.2 Å². The number of nitriles is 1. The number of nitrogens with one attached hydrogen (secondary N) is 2. The summed E-state index contributed by atoms with van der Waals surface area (Å²) < 4.78 is 5.12. The van der Waals surface area contributed by atoms with E-state index in [1.807, 2.05) is 37.3 Å². The average molecular weight is 492 g/mol. The first-order valence-corrected chi connectivity index (χ1v) is 12.4. The number of likely N-dealkylation sites (tertiary alicyclic amines) is 1. The van der Waals surface area contributed by atoms with Crippen molar-refractivity contribution in [2.75, 3.05) is 32.1 Å². The number of hydrogen-bond donors (Lipinski definition) is 2. The zero-order chi connectivity index (χ0) is 24.6. The Bertz CT molecular complexity index is 1180. The molecule has 0 saturated carbocycles. The van der Waals surface area contributed by atoms with Gasteiger partial charge in [0.2, 0.25) is 0 Å². The molecule has 3 heterocycles. The molecule has 1 fully saturated rings. The summed E-state index contributed by atoms with van der Waals surface area (Å²) in [5.74, 6) is 1.48. The number of ether oxygens (including phenoxy) is 1. The monoisotopic (exact) mass is 491 g/mol. The lowest BCUT2D eigenvalue weighted by Gasteiger charge is -2.30. The van der Waals surface area contributed by atoms with Crippen LogP contribution in [-0.2, 0) is 17.9 Å². The fourth-order valence-electron chi connectivity index (χ4n) is 4.09. The molecule has 1 aliphatic rings. The van der Waals surface area contributed by atoms with Crippen molar-refractivity contribution in [1.82, 2.24) is 25.2 Å². The zero-order valence-electron chi connectivity index (χ0n) is 20.0. The highest BCUT2D eigenvalue weighted by Crippen LogP contribution is 2.29. The van der Waals surface area contributed by atoms with Crippen molar-refractivity contribution in [3.05, 3.63) is 64.1 Å². The molecule has 2 N–H and O–H groups in total. The second kappa shape index (κ2) is 11.8. The molecular weight excluding hydrogens is 462 g/mol. The molecule has 182 valence electrons. The van der Waals surface area contributed by atoms with E-state index >= 15 is 0 Å². The van der Waals surface area contributed by atoms with Crippen LogP contribution in [0.2, 0.25) is 0 Å². The summed E-state index contributed by atoms with van der Waals surface area (Å²) in [5, 5.41) is 17.4. The minimum atomic E-state index is -0.223. The Balaban J connectivity index is 1.34. The highest BCUT2D eigenvalue weighted by atomic mass is 32.1. The van der Waals surface area contributed by atoms with Crippen LogP contribution in [0, 0.1) is 18.3 Å². The Morgan fingerprint density at radius 3 is 2.66 bits per heavy atom. The van der Waals surface area contributed by atoms with Gasteiger partial charge in [0, 0.05) is 36.7 Å². The number of thiazole rings is 1. The van der Waals surface area contributed by atoms with Gasteiger partial charge >= 0.3 is 0 Å². The van der Waals surface area contributed by atoms with Gasteiger partial charge in [-0.2, -0.15) is 5.26 Å². The maximum Gasteiger partial charge on any atom is 0.271 e. The van der Waals surface area contributed by atoms with E-state index in [-0.39, 0.29) is 5.91 Å². The van der Waals surface area contributed by atoms with Crippen LogP contribution in [0.4, 0.5) is 10.9 Å².